The van der Waals surface area contributed by atoms with Gasteiger partial charge in [-0.15, -0.1) is 0 Å². The lowest BCUT2D eigenvalue weighted by Crippen LogP contribution is -2.40. The maximum Gasteiger partial charge on any atom is 0.331 e. The van der Waals surface area contributed by atoms with Gasteiger partial charge in [0, 0.05) is 30.1 Å². The minimum Gasteiger partial charge on any atom is -0.478 e. The summed E-state index contributed by atoms with van der Waals surface area (Å²) in [6.07, 6.45) is 3.27. The molecule has 0 aliphatic rings. The Morgan fingerprint density at radius 1 is 1.24 bits per heavy atom. The van der Waals surface area contributed by atoms with E-state index in [2.05, 4.69) is 15.6 Å². The molecule has 3 amide bonds. The molecule has 3 N–H and O–H groups in total. The highest BCUT2D eigenvalue weighted by molar-refractivity contribution is 6.07. The predicted octanol–water partition coefficient (Wildman–Crippen LogP) is 1.14. The Kier molecular flexibility index (Phi) is 5.59. The number of aryl methyl sites for hydroxylation is 1. The topological polar surface area (TPSA) is 108 Å². The van der Waals surface area contributed by atoms with E-state index >= 15 is 0 Å². The van der Waals surface area contributed by atoms with Gasteiger partial charge in [-0.3, -0.25) is 15.1 Å². The molecular weight excluding hydrogens is 274 g/mol. The molecule has 0 spiro atoms. The Morgan fingerprint density at radius 2 is 1.90 bits per heavy atom. The first kappa shape index (κ1) is 16.4. The van der Waals surface area contributed by atoms with E-state index in [-0.39, 0.29) is 17.7 Å². The van der Waals surface area contributed by atoms with Crippen LogP contribution in [0, 0.1) is 6.92 Å². The zero-order chi connectivity index (χ0) is 16.0. The molecule has 112 valence electrons. The normalized spacial score (nSPS) is 11.4. The van der Waals surface area contributed by atoms with Gasteiger partial charge < -0.3 is 10.4 Å². The second-order valence-electron chi connectivity index (χ2n) is 4.49. The average Bonchev–Trinajstić information content (AvgIpc) is 2.44. The zero-order valence-electron chi connectivity index (χ0n) is 12.1. The number of imide groups is 1. The van der Waals surface area contributed by atoms with Gasteiger partial charge in [0.15, 0.2) is 0 Å². The maximum atomic E-state index is 11.7. The molecule has 1 heterocycles. The van der Waals surface area contributed by atoms with E-state index < -0.39 is 17.9 Å². The zero-order valence-corrected chi connectivity index (χ0v) is 12.1. The lowest BCUT2D eigenvalue weighted by atomic mass is 10.1. The van der Waals surface area contributed by atoms with Crippen molar-refractivity contribution in [3.8, 4) is 0 Å². The Morgan fingerprint density at radius 3 is 2.48 bits per heavy atom. The summed E-state index contributed by atoms with van der Waals surface area (Å²) in [7, 11) is 0. The van der Waals surface area contributed by atoms with Gasteiger partial charge in [-0.05, 0) is 38.0 Å². The van der Waals surface area contributed by atoms with Crippen molar-refractivity contribution in [1.82, 2.24) is 15.6 Å². The summed E-state index contributed by atoms with van der Waals surface area (Å²) < 4.78 is 0. The molecule has 7 heteroatoms. The average molecular weight is 291 g/mol. The highest BCUT2D eigenvalue weighted by atomic mass is 16.4. The number of aliphatic carboxylic acids is 1. The fourth-order valence-corrected chi connectivity index (χ4v) is 1.43. The quantitative estimate of drug-likeness (QED) is 0.721. The third kappa shape index (κ3) is 4.72. The molecule has 1 rings (SSSR count). The number of carboxylic acid groups (broad SMARTS) is 1. The minimum atomic E-state index is -1.20. The third-order valence-electron chi connectivity index (χ3n) is 3.04. The van der Waals surface area contributed by atoms with Gasteiger partial charge in [-0.25, -0.2) is 9.59 Å². The fraction of sp³-hybridized carbons (Fsp3) is 0.286. The summed E-state index contributed by atoms with van der Waals surface area (Å²) in [5, 5.41) is 13.4. The van der Waals surface area contributed by atoms with Crippen LogP contribution in [0.3, 0.4) is 0 Å². The van der Waals surface area contributed by atoms with Crippen LogP contribution in [0.2, 0.25) is 0 Å². The van der Waals surface area contributed by atoms with Gasteiger partial charge in [-0.2, -0.15) is 0 Å². The second-order valence-corrected chi connectivity index (χ2v) is 4.49. The Bertz CT molecular complexity index is 608. The Balaban J connectivity index is 2.59. The molecule has 0 aliphatic carbocycles. The van der Waals surface area contributed by atoms with E-state index in [1.807, 2.05) is 13.0 Å². The second kappa shape index (κ2) is 7.18. The van der Waals surface area contributed by atoms with Gasteiger partial charge in [0.25, 0.3) is 5.91 Å². The fourth-order valence-electron chi connectivity index (χ4n) is 1.43. The summed E-state index contributed by atoms with van der Waals surface area (Å²) in [4.78, 5) is 38.0. The Hall–Kier alpha value is -2.70. The van der Waals surface area contributed by atoms with E-state index in [0.717, 1.165) is 11.1 Å². The van der Waals surface area contributed by atoms with Crippen molar-refractivity contribution in [2.24, 2.45) is 0 Å². The summed E-state index contributed by atoms with van der Waals surface area (Å²) in [5.41, 5.74) is 1.67. The van der Waals surface area contributed by atoms with Crippen molar-refractivity contribution < 1.29 is 19.5 Å². The summed E-state index contributed by atoms with van der Waals surface area (Å²) >= 11 is 0. The molecule has 0 unspecified atom stereocenters. The molecule has 1 aromatic rings. The summed E-state index contributed by atoms with van der Waals surface area (Å²) in [6.45, 7) is 4.75. The van der Waals surface area contributed by atoms with E-state index in [1.165, 1.54) is 13.8 Å². The van der Waals surface area contributed by atoms with Gasteiger partial charge >= 0.3 is 12.0 Å². The first-order valence-electron chi connectivity index (χ1n) is 6.22. The standard InChI is InChI=1S/C14H17N3O4/c1-8-4-5-15-6-11(8)7-16-14(21)17-12(18)9(2)10(3)13(19)20/h4-6H,7H2,1-3H3,(H,19,20)(H2,16,17,18,21)/b10-9+. The van der Waals surface area contributed by atoms with Crippen molar-refractivity contribution >= 4 is 17.9 Å². The van der Waals surface area contributed by atoms with Crippen LogP contribution in [0.15, 0.2) is 29.6 Å². The van der Waals surface area contributed by atoms with E-state index in [4.69, 9.17) is 5.11 Å². The number of nitrogens with one attached hydrogen (secondary N) is 2. The van der Waals surface area contributed by atoms with Crippen molar-refractivity contribution in [2.45, 2.75) is 27.3 Å². The van der Waals surface area contributed by atoms with Crippen LogP contribution in [-0.4, -0.2) is 28.0 Å². The van der Waals surface area contributed by atoms with Gasteiger partial charge in [0.05, 0.1) is 0 Å². The number of nitrogens with zero attached hydrogens (tertiary/aromatic N) is 1. The summed E-state index contributed by atoms with van der Waals surface area (Å²) in [6, 6.07) is 1.11. The summed E-state index contributed by atoms with van der Waals surface area (Å²) in [5.74, 6) is -1.94. The van der Waals surface area contributed by atoms with Gasteiger partial charge in [0.2, 0.25) is 0 Å². The van der Waals surface area contributed by atoms with Crippen LogP contribution in [0.4, 0.5) is 4.79 Å². The molecule has 0 bridgehead atoms. The van der Waals surface area contributed by atoms with Crippen LogP contribution in [-0.2, 0) is 16.1 Å². The number of carbonyl (C=O) groups is 3. The molecular formula is C14H17N3O4. The van der Waals surface area contributed by atoms with E-state index in [9.17, 15) is 14.4 Å². The molecule has 0 atom stereocenters. The van der Waals surface area contributed by atoms with E-state index in [1.54, 1.807) is 12.4 Å². The maximum absolute atomic E-state index is 11.7. The number of hydrogen-bond donors (Lipinski definition) is 3. The highest BCUT2D eigenvalue weighted by Crippen LogP contribution is 2.05. The molecule has 7 nitrogen and oxygen atoms in total. The van der Waals surface area contributed by atoms with Crippen molar-refractivity contribution in [2.75, 3.05) is 0 Å². The molecule has 21 heavy (non-hydrogen) atoms. The molecule has 1 aromatic heterocycles. The number of pyridine rings is 1. The first-order chi connectivity index (χ1) is 9.82. The Labute approximate surface area is 122 Å². The molecule has 0 saturated heterocycles. The number of amides is 3. The molecule has 0 saturated carbocycles. The van der Waals surface area contributed by atoms with Gasteiger partial charge in [0.1, 0.15) is 0 Å². The van der Waals surface area contributed by atoms with E-state index in [0.29, 0.717) is 0 Å². The van der Waals surface area contributed by atoms with Crippen LogP contribution in [0.25, 0.3) is 0 Å². The number of urea groups is 1. The smallest absolute Gasteiger partial charge is 0.331 e. The number of carbonyl (C=O) groups excluding carboxylic acids is 2. The molecule has 0 aliphatic heterocycles. The van der Waals surface area contributed by atoms with Crippen molar-refractivity contribution in [1.29, 1.82) is 0 Å². The minimum absolute atomic E-state index is 0.0183. The molecule has 0 radical (unpaired) electrons. The number of rotatable bonds is 4. The van der Waals surface area contributed by atoms with Crippen LogP contribution in [0.5, 0.6) is 0 Å². The van der Waals surface area contributed by atoms with Crippen LogP contribution < -0.4 is 10.6 Å². The predicted molar refractivity (Wildman–Crippen MR) is 75.4 cm³/mol. The lowest BCUT2D eigenvalue weighted by Gasteiger charge is -2.09. The van der Waals surface area contributed by atoms with Crippen molar-refractivity contribution in [3.63, 3.8) is 0 Å². The van der Waals surface area contributed by atoms with Crippen LogP contribution in [0.1, 0.15) is 25.0 Å². The van der Waals surface area contributed by atoms with Gasteiger partial charge in [-0.1, -0.05) is 0 Å². The number of carboxylic acids is 1. The number of hydrogen-bond acceptors (Lipinski definition) is 4. The first-order valence-corrected chi connectivity index (χ1v) is 6.22. The number of aromatic nitrogens is 1. The van der Waals surface area contributed by atoms with Crippen molar-refractivity contribution in [3.05, 3.63) is 40.7 Å². The monoisotopic (exact) mass is 291 g/mol. The largest absolute Gasteiger partial charge is 0.478 e. The SMILES string of the molecule is C/C(C(=O)O)=C(/C)C(=O)NC(=O)NCc1cnccc1C. The lowest BCUT2D eigenvalue weighted by molar-refractivity contribution is -0.133. The molecule has 0 fully saturated rings. The van der Waals surface area contributed by atoms with Crippen LogP contribution >= 0.6 is 0 Å². The molecule has 0 aromatic carbocycles. The highest BCUT2D eigenvalue weighted by Gasteiger charge is 2.15. The third-order valence-corrected chi connectivity index (χ3v) is 3.04.